The second kappa shape index (κ2) is 23.5. The molecule has 80 heavy (non-hydrogen) atoms. The first-order chi connectivity index (χ1) is 38.5. The van der Waals surface area contributed by atoms with Gasteiger partial charge >= 0.3 is 12.1 Å². The summed E-state index contributed by atoms with van der Waals surface area (Å²) < 4.78 is 116. The van der Waals surface area contributed by atoms with E-state index in [0.717, 1.165) is 114 Å². The Hall–Kier alpha value is -7.84. The molecule has 0 unspecified atom stereocenters. The van der Waals surface area contributed by atoms with Crippen LogP contribution in [-0.2, 0) is 16.6 Å². The minimum atomic E-state index is -4.37. The summed E-state index contributed by atoms with van der Waals surface area (Å²) in [5.74, 6) is -5.02. The van der Waals surface area contributed by atoms with Crippen LogP contribution in [0.3, 0.4) is 0 Å². The van der Waals surface area contributed by atoms with Crippen LogP contribution in [0.2, 0.25) is 0 Å². The number of amides is 4. The SMILES string of the molecule is Cc1ccc(S(=O)(=O)n2cc(-c3nc(N[C@@H]4CCC[C@@H](NC(=O)N5CCCC5)C4)c(F)cc3C#N)c3cc(F)cc(F)c32)cc1.NCc1cc(F)c(N[C@@H]2CCC[C@@H](NC(=O)N3CCCC3)C2)nc1-c1c[nH]c2c(F)cc(F)cc12. The van der Waals surface area contributed by atoms with Gasteiger partial charge in [0.25, 0.3) is 10.0 Å². The van der Waals surface area contributed by atoms with Gasteiger partial charge in [-0.2, -0.15) is 5.26 Å². The molecule has 3 aromatic carbocycles. The number of H-pyrrole nitrogens is 1. The van der Waals surface area contributed by atoms with Crippen LogP contribution in [0.4, 0.5) is 47.6 Å². The number of anilines is 2. The summed E-state index contributed by atoms with van der Waals surface area (Å²) in [6.45, 7) is 4.81. The number of carbonyl (C=O) groups is 2. The van der Waals surface area contributed by atoms with Gasteiger partial charge in [-0.05, 0) is 126 Å². The topological polar surface area (TPSA) is 219 Å². The fraction of sp³-hybridized carbons (Fsp3) is 0.386. The zero-order valence-electron chi connectivity index (χ0n) is 43.8. The Morgan fingerprint density at radius 3 is 1.76 bits per heavy atom. The third-order valence-electron chi connectivity index (χ3n) is 15.4. The van der Waals surface area contributed by atoms with Crippen LogP contribution >= 0.6 is 0 Å². The number of aromatic amines is 1. The highest BCUT2D eigenvalue weighted by molar-refractivity contribution is 7.90. The number of nitrogens with two attached hydrogens (primary N) is 1. The third-order valence-corrected chi connectivity index (χ3v) is 17.1. The molecular weight excluding hydrogens is 1060 g/mol. The van der Waals surface area contributed by atoms with E-state index in [4.69, 9.17) is 5.73 Å². The molecule has 0 bridgehead atoms. The van der Waals surface area contributed by atoms with Gasteiger partial charge in [0.1, 0.15) is 29.0 Å². The monoisotopic (exact) mass is 1120 g/mol. The minimum Gasteiger partial charge on any atom is -0.365 e. The lowest BCUT2D eigenvalue weighted by molar-refractivity contribution is 0.199. The lowest BCUT2D eigenvalue weighted by atomic mass is 9.91. The zero-order chi connectivity index (χ0) is 56.4. The fourth-order valence-corrected chi connectivity index (χ4v) is 12.7. The van der Waals surface area contributed by atoms with Crippen molar-refractivity contribution < 1.29 is 44.3 Å². The molecule has 7 aromatic rings. The van der Waals surface area contributed by atoms with Gasteiger partial charge in [-0.3, -0.25) is 0 Å². The number of fused-ring (bicyclic) bond motifs is 2. The van der Waals surface area contributed by atoms with Gasteiger partial charge in [-0.1, -0.05) is 17.7 Å². The second-order valence-corrected chi connectivity index (χ2v) is 22.8. The van der Waals surface area contributed by atoms with Gasteiger partial charge in [0.2, 0.25) is 0 Å². The molecule has 2 aliphatic heterocycles. The average Bonchev–Trinajstić information content (AvgIpc) is 4.33. The average molecular weight is 1120 g/mol. The first kappa shape index (κ1) is 55.5. The molecule has 23 heteroatoms. The number of hydrogen-bond acceptors (Lipinski definition) is 10. The Bertz CT molecular complexity index is 3630. The maximum Gasteiger partial charge on any atom is 0.317 e. The molecular formula is C57H60F6N12O4S. The molecule has 0 radical (unpaired) electrons. The van der Waals surface area contributed by atoms with Crippen molar-refractivity contribution in [3.05, 3.63) is 125 Å². The van der Waals surface area contributed by atoms with E-state index in [1.807, 2.05) is 11.0 Å². The van der Waals surface area contributed by atoms with E-state index in [2.05, 4.69) is 36.2 Å². The fourth-order valence-electron chi connectivity index (χ4n) is 11.4. The maximum absolute atomic E-state index is 15.3. The quantitative estimate of drug-likeness (QED) is 0.0673. The first-order valence-electron chi connectivity index (χ1n) is 26.9. The highest BCUT2D eigenvalue weighted by Crippen LogP contribution is 2.38. The maximum atomic E-state index is 15.3. The minimum absolute atomic E-state index is 0.000218. The Morgan fingerprint density at radius 2 is 1.20 bits per heavy atom. The number of carbonyl (C=O) groups excluding carboxylic acids is 2. The summed E-state index contributed by atoms with van der Waals surface area (Å²) in [4.78, 5) is 40.3. The van der Waals surface area contributed by atoms with Gasteiger partial charge in [-0.25, -0.2) is 58.3 Å². The summed E-state index contributed by atoms with van der Waals surface area (Å²) in [5.41, 5.74) is 7.18. The number of nitriles is 1. The van der Waals surface area contributed by atoms with E-state index < -0.39 is 50.4 Å². The molecule has 4 atom stereocenters. The molecule has 420 valence electrons. The van der Waals surface area contributed by atoms with Crippen molar-refractivity contribution in [2.75, 3.05) is 36.8 Å². The summed E-state index contributed by atoms with van der Waals surface area (Å²) in [7, 11) is -4.37. The summed E-state index contributed by atoms with van der Waals surface area (Å²) >= 11 is 0. The van der Waals surface area contributed by atoms with Crippen LogP contribution in [0.25, 0.3) is 44.3 Å². The van der Waals surface area contributed by atoms with E-state index in [0.29, 0.717) is 51.5 Å². The molecule has 4 aliphatic rings. The zero-order valence-corrected chi connectivity index (χ0v) is 44.6. The van der Waals surface area contributed by atoms with Crippen LogP contribution < -0.4 is 27.0 Å². The van der Waals surface area contributed by atoms with Gasteiger partial charge in [0.05, 0.1) is 27.4 Å². The van der Waals surface area contributed by atoms with E-state index in [1.54, 1.807) is 24.0 Å². The van der Waals surface area contributed by atoms with Crippen LogP contribution in [0, 0.1) is 53.2 Å². The van der Waals surface area contributed by atoms with E-state index in [9.17, 15) is 40.8 Å². The van der Waals surface area contributed by atoms with E-state index in [-0.39, 0.29) is 87.0 Å². The van der Waals surface area contributed by atoms with Gasteiger partial charge in [0.15, 0.2) is 29.1 Å². The molecule has 6 heterocycles. The molecule has 16 nitrogen and oxygen atoms in total. The van der Waals surface area contributed by atoms with Crippen molar-refractivity contribution in [2.45, 2.75) is 120 Å². The first-order valence-corrected chi connectivity index (χ1v) is 28.3. The lowest BCUT2D eigenvalue weighted by Gasteiger charge is -2.32. The number of nitrogens with zero attached hydrogens (tertiary/aromatic N) is 6. The number of pyridine rings is 2. The van der Waals surface area contributed by atoms with E-state index >= 15 is 8.78 Å². The predicted octanol–water partition coefficient (Wildman–Crippen LogP) is 10.7. The number of aromatic nitrogens is 4. The van der Waals surface area contributed by atoms with Crippen molar-refractivity contribution in [1.82, 2.24) is 39.4 Å². The normalized spacial score (nSPS) is 19.4. The van der Waals surface area contributed by atoms with E-state index in [1.165, 1.54) is 30.5 Å². The van der Waals surface area contributed by atoms with Crippen LogP contribution in [-0.4, -0.2) is 99.6 Å². The number of nitrogens with one attached hydrogen (secondary N) is 5. The van der Waals surface area contributed by atoms with Crippen molar-refractivity contribution in [1.29, 1.82) is 5.26 Å². The largest absolute Gasteiger partial charge is 0.365 e. The standard InChI is InChI=1S/C32H31F3N6O3S.C25H29F3N6O/c1-19-7-9-24(10-8-19)45(43,44)41-18-26(25-14-21(33)15-27(34)30(25)41)29-20(17-36)13-28(35)31(39-29)37-22-5-4-6-23(16-22)38-32(42)40-11-2-3-12-40;26-15-9-18-19(13-30-23(18)20(27)10-15)22-14(12-29)8-21(28)24(33-22)31-16-4-3-5-17(11-16)32-25(35)34-6-1-2-7-34/h7-10,13-15,18,22-23H,2-6,11-12,16H2,1H3,(H,37,39)(H,38,42);8-10,13,16-17,30H,1-7,11-12,29H2,(H,31,33)(H,32,35)/t22-,23-;16-,17-/m11/s1. The number of halogens is 6. The third kappa shape index (κ3) is 11.7. The Labute approximate surface area is 458 Å². The van der Waals surface area contributed by atoms with Gasteiger partial charge in [-0.15, -0.1) is 0 Å². The molecule has 4 fully saturated rings. The van der Waals surface area contributed by atoms with Gasteiger partial charge in [0, 0.05) is 103 Å². The Kier molecular flexibility index (Phi) is 16.3. The van der Waals surface area contributed by atoms with Crippen molar-refractivity contribution in [2.24, 2.45) is 5.73 Å². The molecule has 4 aromatic heterocycles. The van der Waals surface area contributed by atoms with Crippen LogP contribution in [0.15, 0.2) is 78.0 Å². The van der Waals surface area contributed by atoms with Crippen LogP contribution in [0.1, 0.15) is 93.7 Å². The van der Waals surface area contributed by atoms with Crippen LogP contribution in [0.5, 0.6) is 0 Å². The number of benzene rings is 3. The highest BCUT2D eigenvalue weighted by atomic mass is 32.2. The second-order valence-electron chi connectivity index (χ2n) is 21.0. The molecule has 2 saturated heterocycles. The Morgan fingerprint density at radius 1 is 0.675 bits per heavy atom. The number of rotatable bonds is 11. The number of hydrogen-bond donors (Lipinski definition) is 6. The molecule has 4 amide bonds. The Balaban J connectivity index is 0.000000186. The van der Waals surface area contributed by atoms with Crippen molar-refractivity contribution in [3.8, 4) is 28.6 Å². The lowest BCUT2D eigenvalue weighted by Crippen LogP contribution is -2.47. The summed E-state index contributed by atoms with van der Waals surface area (Å²) in [6.07, 6.45) is 12.6. The smallest absolute Gasteiger partial charge is 0.317 e. The van der Waals surface area contributed by atoms with Crippen molar-refractivity contribution in [3.63, 3.8) is 0 Å². The number of aryl methyl sites for hydroxylation is 1. The molecule has 0 spiro atoms. The van der Waals surface area contributed by atoms with Crippen molar-refractivity contribution >= 4 is 55.5 Å². The number of urea groups is 2. The molecule has 11 rings (SSSR count). The molecule has 2 aliphatic carbocycles. The summed E-state index contributed by atoms with van der Waals surface area (Å²) in [6, 6.07) is 13.0. The predicted molar refractivity (Wildman–Crippen MR) is 291 cm³/mol. The molecule has 7 N–H and O–H groups in total. The number of likely N-dealkylation sites (tertiary alicyclic amines) is 2. The highest BCUT2D eigenvalue weighted by Gasteiger charge is 2.32. The van der Waals surface area contributed by atoms with Gasteiger partial charge < -0.3 is 41.8 Å². The molecule has 2 saturated carbocycles. The summed E-state index contributed by atoms with van der Waals surface area (Å²) in [5, 5.41) is 22.5.